The van der Waals surface area contributed by atoms with Crippen molar-refractivity contribution in [3.05, 3.63) is 59.9 Å². The highest BCUT2D eigenvalue weighted by Crippen LogP contribution is 2.31. The largest absolute Gasteiger partial charge is 0.493 e. The van der Waals surface area contributed by atoms with Gasteiger partial charge in [-0.2, -0.15) is 0 Å². The third-order valence-electron chi connectivity index (χ3n) is 4.70. The number of carbonyl (C=O) groups excluding carboxylic acids is 1. The molecule has 170 valence electrons. The summed E-state index contributed by atoms with van der Waals surface area (Å²) in [5, 5.41) is 12.4. The number of para-hydroxylation sites is 2. The standard InChI is InChI=1S/C24H30N4O3S/c1-16(2)14-28-23(18(4)31-21-9-7-6-8-20(21)30-5)26-27-24(28)32-15-22(29)25-19-12-10-17(3)11-13-19/h6-13,16,18H,14-15H2,1-5H3,(H,25,29). The van der Waals surface area contributed by atoms with Crippen molar-refractivity contribution in [2.45, 2.75) is 45.5 Å². The van der Waals surface area contributed by atoms with Crippen molar-refractivity contribution in [3.63, 3.8) is 0 Å². The minimum absolute atomic E-state index is 0.0854. The number of rotatable bonds is 10. The fourth-order valence-electron chi connectivity index (χ4n) is 3.17. The Balaban J connectivity index is 1.71. The number of thioether (sulfide) groups is 1. The smallest absolute Gasteiger partial charge is 0.234 e. The lowest BCUT2D eigenvalue weighted by Crippen LogP contribution is -2.17. The first-order valence-electron chi connectivity index (χ1n) is 10.6. The molecule has 0 saturated heterocycles. The molecule has 1 heterocycles. The molecule has 1 atom stereocenters. The summed E-state index contributed by atoms with van der Waals surface area (Å²) in [6.07, 6.45) is -0.340. The van der Waals surface area contributed by atoms with Gasteiger partial charge in [0.05, 0.1) is 12.9 Å². The Morgan fingerprint density at radius 2 is 1.75 bits per heavy atom. The van der Waals surface area contributed by atoms with E-state index in [-0.39, 0.29) is 17.8 Å². The Hall–Kier alpha value is -3.00. The molecule has 8 heteroatoms. The molecule has 0 spiro atoms. The van der Waals surface area contributed by atoms with Gasteiger partial charge in [-0.15, -0.1) is 10.2 Å². The average molecular weight is 455 g/mol. The van der Waals surface area contributed by atoms with Crippen molar-refractivity contribution in [2.75, 3.05) is 18.2 Å². The second-order valence-corrected chi connectivity index (χ2v) is 8.90. The van der Waals surface area contributed by atoms with Gasteiger partial charge < -0.3 is 19.4 Å². The van der Waals surface area contributed by atoms with Gasteiger partial charge in [0, 0.05) is 12.2 Å². The van der Waals surface area contributed by atoms with Crippen LogP contribution >= 0.6 is 11.8 Å². The molecule has 32 heavy (non-hydrogen) atoms. The van der Waals surface area contributed by atoms with Gasteiger partial charge in [-0.1, -0.05) is 55.4 Å². The van der Waals surface area contributed by atoms with Crippen molar-refractivity contribution in [2.24, 2.45) is 5.92 Å². The van der Waals surface area contributed by atoms with Crippen LogP contribution in [-0.2, 0) is 11.3 Å². The van der Waals surface area contributed by atoms with E-state index >= 15 is 0 Å². The van der Waals surface area contributed by atoms with Crippen LogP contribution in [0, 0.1) is 12.8 Å². The van der Waals surface area contributed by atoms with Crippen LogP contribution in [0.15, 0.2) is 53.7 Å². The lowest BCUT2D eigenvalue weighted by atomic mass is 10.2. The molecule has 0 radical (unpaired) electrons. The highest BCUT2D eigenvalue weighted by molar-refractivity contribution is 7.99. The monoisotopic (exact) mass is 454 g/mol. The van der Waals surface area contributed by atoms with E-state index in [4.69, 9.17) is 9.47 Å². The van der Waals surface area contributed by atoms with Gasteiger partial charge in [0.1, 0.15) is 0 Å². The molecule has 0 aliphatic rings. The van der Waals surface area contributed by atoms with Crippen LogP contribution in [0.2, 0.25) is 0 Å². The fourth-order valence-corrected chi connectivity index (χ4v) is 3.92. The zero-order valence-electron chi connectivity index (χ0n) is 19.2. The van der Waals surface area contributed by atoms with Crippen molar-refractivity contribution in [1.82, 2.24) is 14.8 Å². The fraction of sp³-hybridized carbons (Fsp3) is 0.375. The topological polar surface area (TPSA) is 78.3 Å². The van der Waals surface area contributed by atoms with Crippen LogP contribution in [0.25, 0.3) is 0 Å². The number of benzene rings is 2. The molecule has 0 fully saturated rings. The first-order chi connectivity index (χ1) is 15.4. The zero-order chi connectivity index (χ0) is 23.1. The molecule has 0 aliphatic heterocycles. The SMILES string of the molecule is COc1ccccc1OC(C)c1nnc(SCC(=O)Nc2ccc(C)cc2)n1CC(C)C. The van der Waals surface area contributed by atoms with Gasteiger partial charge in [0.25, 0.3) is 0 Å². The summed E-state index contributed by atoms with van der Waals surface area (Å²) in [4.78, 5) is 12.4. The number of amides is 1. The van der Waals surface area contributed by atoms with Crippen LogP contribution in [-0.4, -0.2) is 33.5 Å². The summed E-state index contributed by atoms with van der Waals surface area (Å²) < 4.78 is 13.6. The summed E-state index contributed by atoms with van der Waals surface area (Å²) in [6, 6.07) is 15.3. The summed E-state index contributed by atoms with van der Waals surface area (Å²) in [5.41, 5.74) is 1.93. The molecule has 1 unspecified atom stereocenters. The Kier molecular flexibility index (Phi) is 8.16. The van der Waals surface area contributed by atoms with Crippen LogP contribution in [0.5, 0.6) is 11.5 Å². The highest BCUT2D eigenvalue weighted by Gasteiger charge is 2.22. The quantitative estimate of drug-likeness (QED) is 0.428. The number of carbonyl (C=O) groups is 1. The molecule has 1 N–H and O–H groups in total. The molecule has 2 aromatic carbocycles. The second-order valence-electron chi connectivity index (χ2n) is 7.96. The number of hydrogen-bond donors (Lipinski definition) is 1. The van der Waals surface area contributed by atoms with Gasteiger partial charge in [-0.25, -0.2) is 0 Å². The summed E-state index contributed by atoms with van der Waals surface area (Å²) in [5.74, 6) is 2.56. The molecule has 0 bridgehead atoms. The zero-order valence-corrected chi connectivity index (χ0v) is 20.0. The third-order valence-corrected chi connectivity index (χ3v) is 5.66. The normalized spacial score (nSPS) is 11.9. The summed E-state index contributed by atoms with van der Waals surface area (Å²) in [7, 11) is 1.62. The van der Waals surface area contributed by atoms with E-state index in [0.29, 0.717) is 28.4 Å². The number of nitrogens with one attached hydrogen (secondary N) is 1. The Labute approximate surface area is 193 Å². The molecular weight excluding hydrogens is 424 g/mol. The van der Waals surface area contributed by atoms with Crippen LogP contribution in [0.1, 0.15) is 38.3 Å². The van der Waals surface area contributed by atoms with Gasteiger partial charge >= 0.3 is 0 Å². The predicted octanol–water partition coefficient (Wildman–Crippen LogP) is 5.12. The maximum atomic E-state index is 12.4. The van der Waals surface area contributed by atoms with Gasteiger partial charge in [0.15, 0.2) is 28.6 Å². The van der Waals surface area contributed by atoms with E-state index in [0.717, 1.165) is 17.8 Å². The van der Waals surface area contributed by atoms with E-state index in [9.17, 15) is 4.79 Å². The number of nitrogens with zero attached hydrogens (tertiary/aromatic N) is 3. The molecular formula is C24H30N4O3S. The number of aromatic nitrogens is 3. The van der Waals surface area contributed by atoms with Gasteiger partial charge in [-0.3, -0.25) is 4.79 Å². The third kappa shape index (κ3) is 6.26. The minimum atomic E-state index is -0.340. The minimum Gasteiger partial charge on any atom is -0.493 e. The molecule has 0 saturated carbocycles. The van der Waals surface area contributed by atoms with Crippen molar-refractivity contribution >= 4 is 23.4 Å². The highest BCUT2D eigenvalue weighted by atomic mass is 32.2. The van der Waals surface area contributed by atoms with Crippen LogP contribution in [0.3, 0.4) is 0 Å². The summed E-state index contributed by atoms with van der Waals surface area (Å²) in [6.45, 7) is 8.94. The Morgan fingerprint density at radius 1 is 1.06 bits per heavy atom. The van der Waals surface area contributed by atoms with E-state index in [1.807, 2.05) is 66.9 Å². The molecule has 3 rings (SSSR count). The average Bonchev–Trinajstić information content (AvgIpc) is 3.16. The van der Waals surface area contributed by atoms with E-state index in [1.165, 1.54) is 11.8 Å². The van der Waals surface area contributed by atoms with Crippen molar-refractivity contribution in [1.29, 1.82) is 0 Å². The Morgan fingerprint density at radius 3 is 2.41 bits per heavy atom. The van der Waals surface area contributed by atoms with Gasteiger partial charge in [0.2, 0.25) is 5.91 Å². The lowest BCUT2D eigenvalue weighted by Gasteiger charge is -2.19. The maximum absolute atomic E-state index is 12.4. The molecule has 1 aromatic heterocycles. The van der Waals surface area contributed by atoms with Crippen molar-refractivity contribution in [3.8, 4) is 11.5 Å². The maximum Gasteiger partial charge on any atom is 0.234 e. The number of anilines is 1. The summed E-state index contributed by atoms with van der Waals surface area (Å²) >= 11 is 1.37. The molecule has 0 aliphatic carbocycles. The van der Waals surface area contributed by atoms with Crippen LogP contribution < -0.4 is 14.8 Å². The van der Waals surface area contributed by atoms with E-state index in [2.05, 4.69) is 29.4 Å². The number of methoxy groups -OCH3 is 1. The Bertz CT molecular complexity index is 1030. The van der Waals surface area contributed by atoms with E-state index in [1.54, 1.807) is 7.11 Å². The van der Waals surface area contributed by atoms with Gasteiger partial charge in [-0.05, 0) is 44.0 Å². The van der Waals surface area contributed by atoms with Crippen molar-refractivity contribution < 1.29 is 14.3 Å². The van der Waals surface area contributed by atoms with E-state index < -0.39 is 0 Å². The number of aryl methyl sites for hydroxylation is 1. The number of ether oxygens (including phenoxy) is 2. The predicted molar refractivity (Wildman–Crippen MR) is 127 cm³/mol. The molecule has 7 nitrogen and oxygen atoms in total. The molecule has 3 aromatic rings. The first kappa shape index (κ1) is 23.7. The lowest BCUT2D eigenvalue weighted by molar-refractivity contribution is -0.113. The first-order valence-corrected chi connectivity index (χ1v) is 11.6. The second kappa shape index (κ2) is 11.0. The molecule has 1 amide bonds. The van der Waals surface area contributed by atoms with Crippen LogP contribution in [0.4, 0.5) is 5.69 Å². The number of hydrogen-bond acceptors (Lipinski definition) is 6.